The lowest BCUT2D eigenvalue weighted by molar-refractivity contribution is -0.145. The zero-order chi connectivity index (χ0) is 16.3. The van der Waals surface area contributed by atoms with E-state index in [1.54, 1.807) is 0 Å². The standard InChI is InChI=1S/C14H14F3NO3S/c15-9-7-11(17)10(16)6-8(9)2-1-3-12(19)18-4-5-22-13(18)14(20)21/h6-7,13H,1-5H2,(H,20,21). The number of hydrogen-bond acceptors (Lipinski definition) is 3. The first kappa shape index (κ1) is 16.7. The minimum Gasteiger partial charge on any atom is -0.479 e. The van der Waals surface area contributed by atoms with Gasteiger partial charge < -0.3 is 10.0 Å². The molecule has 0 spiro atoms. The summed E-state index contributed by atoms with van der Waals surface area (Å²) in [6, 6.07) is 1.25. The third-order valence-corrected chi connectivity index (χ3v) is 4.54. The van der Waals surface area contributed by atoms with Crippen LogP contribution in [0.5, 0.6) is 0 Å². The summed E-state index contributed by atoms with van der Waals surface area (Å²) in [5.41, 5.74) is -0.00252. The van der Waals surface area contributed by atoms with Gasteiger partial charge in [-0.05, 0) is 24.5 Å². The molecule has 1 aliphatic heterocycles. The topological polar surface area (TPSA) is 57.6 Å². The van der Waals surface area contributed by atoms with Crippen LogP contribution < -0.4 is 0 Å². The number of aliphatic carboxylic acids is 1. The predicted molar refractivity (Wildman–Crippen MR) is 74.8 cm³/mol. The van der Waals surface area contributed by atoms with E-state index in [1.165, 1.54) is 16.7 Å². The normalized spacial score (nSPS) is 17.8. The van der Waals surface area contributed by atoms with E-state index in [9.17, 15) is 22.8 Å². The first-order valence-corrected chi connectivity index (χ1v) is 7.72. The Morgan fingerprint density at radius 1 is 1.23 bits per heavy atom. The van der Waals surface area contributed by atoms with Gasteiger partial charge in [-0.25, -0.2) is 18.0 Å². The lowest BCUT2D eigenvalue weighted by atomic mass is 10.1. The summed E-state index contributed by atoms with van der Waals surface area (Å²) in [4.78, 5) is 24.2. The Morgan fingerprint density at radius 2 is 1.91 bits per heavy atom. The van der Waals surface area contributed by atoms with Crippen LogP contribution in [0.2, 0.25) is 0 Å². The van der Waals surface area contributed by atoms with Gasteiger partial charge in [-0.2, -0.15) is 0 Å². The van der Waals surface area contributed by atoms with Crippen molar-refractivity contribution in [3.63, 3.8) is 0 Å². The second-order valence-corrected chi connectivity index (χ2v) is 6.05. The number of hydrogen-bond donors (Lipinski definition) is 1. The number of carboxylic acids is 1. The SMILES string of the molecule is O=C(O)C1SCCN1C(=O)CCCc1cc(F)c(F)cc1F. The number of aryl methyl sites for hydroxylation is 1. The molecule has 0 saturated carbocycles. The van der Waals surface area contributed by atoms with Crippen LogP contribution in [-0.2, 0) is 16.0 Å². The molecule has 4 nitrogen and oxygen atoms in total. The van der Waals surface area contributed by atoms with Crippen LogP contribution in [-0.4, -0.2) is 39.6 Å². The van der Waals surface area contributed by atoms with Crippen molar-refractivity contribution in [3.05, 3.63) is 35.1 Å². The van der Waals surface area contributed by atoms with Crippen LogP contribution in [0.15, 0.2) is 12.1 Å². The van der Waals surface area contributed by atoms with Crippen molar-refractivity contribution in [2.75, 3.05) is 12.3 Å². The zero-order valence-electron chi connectivity index (χ0n) is 11.5. The molecule has 1 saturated heterocycles. The number of carbonyl (C=O) groups is 2. The molecule has 1 aromatic carbocycles. The Balaban J connectivity index is 1.90. The second-order valence-electron chi connectivity index (χ2n) is 4.86. The summed E-state index contributed by atoms with van der Waals surface area (Å²) in [5.74, 6) is -4.09. The molecule has 1 unspecified atom stereocenters. The molecule has 1 atom stereocenters. The fourth-order valence-corrected chi connectivity index (χ4v) is 3.33. The molecule has 2 rings (SSSR count). The van der Waals surface area contributed by atoms with Crippen molar-refractivity contribution < 1.29 is 27.9 Å². The van der Waals surface area contributed by atoms with Gasteiger partial charge in [0.1, 0.15) is 5.82 Å². The molecular weight excluding hydrogens is 319 g/mol. The maximum atomic E-state index is 13.4. The monoisotopic (exact) mass is 333 g/mol. The number of carbonyl (C=O) groups excluding carboxylic acids is 1. The number of rotatable bonds is 5. The fourth-order valence-electron chi connectivity index (χ4n) is 2.26. The van der Waals surface area contributed by atoms with Crippen LogP contribution in [0.1, 0.15) is 18.4 Å². The van der Waals surface area contributed by atoms with E-state index in [4.69, 9.17) is 5.11 Å². The van der Waals surface area contributed by atoms with Gasteiger partial charge in [0.05, 0.1) is 0 Å². The Hall–Kier alpha value is -1.70. The van der Waals surface area contributed by atoms with E-state index in [0.29, 0.717) is 18.4 Å². The van der Waals surface area contributed by atoms with Crippen molar-refractivity contribution in [1.82, 2.24) is 4.90 Å². The van der Waals surface area contributed by atoms with Gasteiger partial charge in [0.2, 0.25) is 5.91 Å². The molecule has 22 heavy (non-hydrogen) atoms. The van der Waals surface area contributed by atoms with Gasteiger partial charge in [0, 0.05) is 24.8 Å². The highest BCUT2D eigenvalue weighted by molar-refractivity contribution is 8.00. The zero-order valence-corrected chi connectivity index (χ0v) is 12.3. The summed E-state index contributed by atoms with van der Waals surface area (Å²) in [6.07, 6.45) is 0.338. The van der Waals surface area contributed by atoms with Crippen molar-refractivity contribution in [2.24, 2.45) is 0 Å². The van der Waals surface area contributed by atoms with Gasteiger partial charge in [0.15, 0.2) is 17.0 Å². The van der Waals surface area contributed by atoms with Crippen LogP contribution in [0.25, 0.3) is 0 Å². The van der Waals surface area contributed by atoms with Crippen molar-refractivity contribution in [3.8, 4) is 0 Å². The molecular formula is C14H14F3NO3S. The highest BCUT2D eigenvalue weighted by atomic mass is 32.2. The highest BCUT2D eigenvalue weighted by Crippen LogP contribution is 2.25. The number of halogens is 3. The Bertz CT molecular complexity index is 597. The molecule has 1 aliphatic rings. The Labute approximate surface area is 129 Å². The molecule has 8 heteroatoms. The van der Waals surface area contributed by atoms with E-state index in [0.717, 1.165) is 6.07 Å². The Kier molecular flexibility index (Phi) is 5.33. The highest BCUT2D eigenvalue weighted by Gasteiger charge is 2.34. The Morgan fingerprint density at radius 3 is 2.59 bits per heavy atom. The van der Waals surface area contributed by atoms with Crippen molar-refractivity contribution in [1.29, 1.82) is 0 Å². The minimum absolute atomic E-state index is 0.00252. The third kappa shape index (κ3) is 3.73. The van der Waals surface area contributed by atoms with Crippen LogP contribution in [0.4, 0.5) is 13.2 Å². The predicted octanol–water partition coefficient (Wildman–Crippen LogP) is 2.41. The molecule has 1 amide bonds. The average Bonchev–Trinajstić information content (AvgIpc) is 2.94. The number of thioether (sulfide) groups is 1. The first-order chi connectivity index (χ1) is 10.4. The summed E-state index contributed by atoms with van der Waals surface area (Å²) in [5, 5.41) is 8.11. The maximum absolute atomic E-state index is 13.4. The summed E-state index contributed by atoms with van der Waals surface area (Å²) in [6.45, 7) is 0.361. The molecule has 1 fully saturated rings. The van der Waals surface area contributed by atoms with Gasteiger partial charge in [-0.15, -0.1) is 11.8 Å². The van der Waals surface area contributed by atoms with Crippen LogP contribution in [0.3, 0.4) is 0 Å². The van der Waals surface area contributed by atoms with E-state index >= 15 is 0 Å². The molecule has 1 N–H and O–H groups in total. The summed E-state index contributed by atoms with van der Waals surface area (Å²) < 4.78 is 39.3. The van der Waals surface area contributed by atoms with Gasteiger partial charge in [-0.1, -0.05) is 0 Å². The largest absolute Gasteiger partial charge is 0.479 e. The molecule has 0 bridgehead atoms. The second kappa shape index (κ2) is 7.04. The lowest BCUT2D eigenvalue weighted by Crippen LogP contribution is -2.39. The van der Waals surface area contributed by atoms with E-state index < -0.39 is 28.8 Å². The minimum atomic E-state index is -1.25. The molecule has 1 aromatic rings. The van der Waals surface area contributed by atoms with Crippen LogP contribution in [0, 0.1) is 17.5 Å². The molecule has 120 valence electrons. The molecule has 1 heterocycles. The number of amides is 1. The third-order valence-electron chi connectivity index (χ3n) is 3.35. The smallest absolute Gasteiger partial charge is 0.337 e. The quantitative estimate of drug-likeness (QED) is 0.841. The molecule has 0 aliphatic carbocycles. The average molecular weight is 333 g/mol. The number of carboxylic acid groups (broad SMARTS) is 1. The number of nitrogens with zero attached hydrogens (tertiary/aromatic N) is 1. The fraction of sp³-hybridized carbons (Fsp3) is 0.429. The molecule has 0 radical (unpaired) electrons. The van der Waals surface area contributed by atoms with Gasteiger partial charge in [-0.3, -0.25) is 4.79 Å². The van der Waals surface area contributed by atoms with E-state index in [2.05, 4.69) is 0 Å². The van der Waals surface area contributed by atoms with E-state index in [-0.39, 0.29) is 30.7 Å². The molecule has 0 aromatic heterocycles. The first-order valence-electron chi connectivity index (χ1n) is 6.67. The van der Waals surface area contributed by atoms with E-state index in [1.807, 2.05) is 0 Å². The van der Waals surface area contributed by atoms with Gasteiger partial charge >= 0.3 is 5.97 Å². The van der Waals surface area contributed by atoms with Crippen LogP contribution >= 0.6 is 11.8 Å². The van der Waals surface area contributed by atoms with Gasteiger partial charge in [0.25, 0.3) is 0 Å². The maximum Gasteiger partial charge on any atom is 0.337 e. The number of benzene rings is 1. The summed E-state index contributed by atoms with van der Waals surface area (Å²) in [7, 11) is 0. The van der Waals surface area contributed by atoms with Crippen molar-refractivity contribution >= 4 is 23.6 Å². The summed E-state index contributed by atoms with van der Waals surface area (Å²) >= 11 is 1.18. The lowest BCUT2D eigenvalue weighted by Gasteiger charge is -2.20. The van der Waals surface area contributed by atoms with Crippen molar-refractivity contribution in [2.45, 2.75) is 24.6 Å².